The second kappa shape index (κ2) is 11.9. The second-order valence-corrected chi connectivity index (χ2v) is 9.11. The van der Waals surface area contributed by atoms with Gasteiger partial charge in [0, 0.05) is 32.1 Å². The average Bonchev–Trinajstić information content (AvgIpc) is 3.27. The zero-order valence-electron chi connectivity index (χ0n) is 20.4. The first-order valence-electron chi connectivity index (χ1n) is 12.2. The smallest absolute Gasteiger partial charge is 0.276 e. The molecule has 7 nitrogen and oxygen atoms in total. The van der Waals surface area contributed by atoms with Crippen molar-refractivity contribution in [3.63, 3.8) is 0 Å². The lowest BCUT2D eigenvalue weighted by Gasteiger charge is -2.33. The summed E-state index contributed by atoms with van der Waals surface area (Å²) in [7, 11) is 0. The fraction of sp³-hybridized carbons (Fsp3) is 0.577. The molecule has 180 valence electrons. The molecule has 0 N–H and O–H groups in total. The topological polar surface area (TPSA) is 75.9 Å². The molecule has 33 heavy (non-hydrogen) atoms. The van der Waals surface area contributed by atoms with Crippen LogP contribution in [-0.4, -0.2) is 59.1 Å². The molecule has 0 unspecified atom stereocenters. The van der Waals surface area contributed by atoms with Gasteiger partial charge in [0.2, 0.25) is 0 Å². The predicted octanol–water partition coefficient (Wildman–Crippen LogP) is 4.82. The Hall–Kier alpha value is -2.83. The molecule has 0 radical (unpaired) electrons. The van der Waals surface area contributed by atoms with Gasteiger partial charge in [-0.15, -0.1) is 0 Å². The number of benzene rings is 1. The standard InChI is InChI=1S/C26H37N3O4/c1-5-11-21-17-23(27-33-21)26(31)29-15-10-9-14-28(6-2)25(30)22-12-7-8-13-24(22)32-18-20(29)16-19(3)4/h7-8,12-13,17,19-20H,5-6,9-11,14-16,18H2,1-4H3/t20-/m0/s1. The molecule has 0 bridgehead atoms. The van der Waals surface area contributed by atoms with Gasteiger partial charge in [-0.1, -0.05) is 38.1 Å². The number of amides is 2. The van der Waals surface area contributed by atoms with Crippen molar-refractivity contribution >= 4 is 11.8 Å². The van der Waals surface area contributed by atoms with Crippen LogP contribution in [0, 0.1) is 5.92 Å². The van der Waals surface area contributed by atoms with Gasteiger partial charge < -0.3 is 19.1 Å². The fourth-order valence-electron chi connectivity index (χ4n) is 4.32. The van der Waals surface area contributed by atoms with Crippen molar-refractivity contribution in [2.45, 2.75) is 65.8 Å². The highest BCUT2D eigenvalue weighted by Gasteiger charge is 2.29. The van der Waals surface area contributed by atoms with E-state index in [1.54, 1.807) is 6.07 Å². The van der Waals surface area contributed by atoms with Crippen LogP contribution in [0.25, 0.3) is 0 Å². The molecule has 1 aliphatic rings. The zero-order valence-corrected chi connectivity index (χ0v) is 20.4. The summed E-state index contributed by atoms with van der Waals surface area (Å²) in [5.74, 6) is 1.55. The van der Waals surface area contributed by atoms with Gasteiger partial charge in [0.15, 0.2) is 5.69 Å². The average molecular weight is 456 g/mol. The molecule has 0 spiro atoms. The number of nitrogens with zero attached hydrogens (tertiary/aromatic N) is 3. The fourth-order valence-corrected chi connectivity index (χ4v) is 4.32. The van der Waals surface area contributed by atoms with E-state index in [-0.39, 0.29) is 17.9 Å². The van der Waals surface area contributed by atoms with Crippen LogP contribution in [0.2, 0.25) is 0 Å². The van der Waals surface area contributed by atoms with Crippen molar-refractivity contribution in [2.24, 2.45) is 5.92 Å². The Morgan fingerprint density at radius 3 is 2.67 bits per heavy atom. The monoisotopic (exact) mass is 455 g/mol. The lowest BCUT2D eigenvalue weighted by molar-refractivity contribution is 0.0546. The third kappa shape index (κ3) is 6.36. The van der Waals surface area contributed by atoms with Crippen molar-refractivity contribution in [2.75, 3.05) is 26.2 Å². The second-order valence-electron chi connectivity index (χ2n) is 9.11. The summed E-state index contributed by atoms with van der Waals surface area (Å²) in [6, 6.07) is 9.02. The molecule has 7 heteroatoms. The van der Waals surface area contributed by atoms with E-state index in [1.807, 2.05) is 41.0 Å². The van der Waals surface area contributed by atoms with Crippen LogP contribution in [0.1, 0.15) is 80.0 Å². The van der Waals surface area contributed by atoms with Gasteiger partial charge >= 0.3 is 0 Å². The molecule has 1 aliphatic heterocycles. The summed E-state index contributed by atoms with van der Waals surface area (Å²) < 4.78 is 11.6. The van der Waals surface area contributed by atoms with Crippen LogP contribution in [0.3, 0.4) is 0 Å². The van der Waals surface area contributed by atoms with E-state index < -0.39 is 0 Å². The van der Waals surface area contributed by atoms with E-state index in [2.05, 4.69) is 25.9 Å². The number of ether oxygens (including phenoxy) is 1. The Balaban J connectivity index is 1.91. The first kappa shape index (κ1) is 24.8. The first-order chi connectivity index (χ1) is 15.9. The number of aryl methyl sites for hydroxylation is 1. The number of aromatic nitrogens is 1. The van der Waals surface area contributed by atoms with Crippen molar-refractivity contribution in [1.29, 1.82) is 0 Å². The quantitative estimate of drug-likeness (QED) is 0.624. The third-order valence-electron chi connectivity index (χ3n) is 6.01. The zero-order chi connectivity index (χ0) is 23.8. The highest BCUT2D eigenvalue weighted by molar-refractivity contribution is 5.97. The molecule has 0 aliphatic carbocycles. The maximum Gasteiger partial charge on any atom is 0.276 e. The molecule has 2 heterocycles. The number of hydrogen-bond donors (Lipinski definition) is 0. The number of carbonyl (C=O) groups is 2. The number of para-hydroxylation sites is 1. The Kier molecular flexibility index (Phi) is 8.92. The molecule has 0 fully saturated rings. The summed E-state index contributed by atoms with van der Waals surface area (Å²) >= 11 is 0. The summed E-state index contributed by atoms with van der Waals surface area (Å²) in [5.41, 5.74) is 0.923. The molecule has 0 saturated heterocycles. The van der Waals surface area contributed by atoms with E-state index in [4.69, 9.17) is 9.26 Å². The first-order valence-corrected chi connectivity index (χ1v) is 12.2. The van der Waals surface area contributed by atoms with Crippen LogP contribution in [0.4, 0.5) is 0 Å². The Morgan fingerprint density at radius 2 is 1.94 bits per heavy atom. The minimum absolute atomic E-state index is 0.00642. The number of hydrogen-bond acceptors (Lipinski definition) is 5. The van der Waals surface area contributed by atoms with Crippen molar-refractivity contribution in [3.8, 4) is 5.75 Å². The molecule has 2 aromatic rings. The predicted molar refractivity (Wildman–Crippen MR) is 128 cm³/mol. The van der Waals surface area contributed by atoms with Crippen LogP contribution in [0.5, 0.6) is 5.75 Å². The van der Waals surface area contributed by atoms with Crippen LogP contribution >= 0.6 is 0 Å². The molecule has 2 amide bonds. The van der Waals surface area contributed by atoms with Gasteiger partial charge in [0.25, 0.3) is 11.8 Å². The summed E-state index contributed by atoms with van der Waals surface area (Å²) in [5, 5.41) is 4.06. The highest BCUT2D eigenvalue weighted by Crippen LogP contribution is 2.24. The highest BCUT2D eigenvalue weighted by atomic mass is 16.5. The summed E-state index contributed by atoms with van der Waals surface area (Å²) in [6.07, 6.45) is 4.10. The van der Waals surface area contributed by atoms with Crippen molar-refractivity contribution < 1.29 is 18.8 Å². The molecule has 1 aromatic carbocycles. The minimum atomic E-state index is -0.131. The lowest BCUT2D eigenvalue weighted by atomic mass is 10.0. The molecular formula is C26H37N3O4. The number of carbonyl (C=O) groups excluding carboxylic acids is 2. The van der Waals surface area contributed by atoms with Crippen LogP contribution in [0.15, 0.2) is 34.9 Å². The van der Waals surface area contributed by atoms with Gasteiger partial charge in [-0.2, -0.15) is 0 Å². The van der Waals surface area contributed by atoms with Crippen LogP contribution in [-0.2, 0) is 6.42 Å². The molecule has 1 aromatic heterocycles. The minimum Gasteiger partial charge on any atom is -0.491 e. The Bertz CT molecular complexity index is 924. The third-order valence-corrected chi connectivity index (χ3v) is 6.01. The van der Waals surface area contributed by atoms with E-state index in [9.17, 15) is 9.59 Å². The summed E-state index contributed by atoms with van der Waals surface area (Å²) in [6.45, 7) is 10.5. The maximum absolute atomic E-state index is 13.5. The SMILES string of the molecule is CCCc1cc(C(=O)N2CCCCN(CC)C(=O)c3ccccc3OC[C@@H]2CC(C)C)no1. The van der Waals surface area contributed by atoms with E-state index in [0.717, 1.165) is 37.9 Å². The van der Waals surface area contributed by atoms with Crippen LogP contribution < -0.4 is 4.74 Å². The van der Waals surface area contributed by atoms with Gasteiger partial charge in [0.05, 0.1) is 11.6 Å². The Morgan fingerprint density at radius 1 is 1.18 bits per heavy atom. The van der Waals surface area contributed by atoms with Gasteiger partial charge in [-0.3, -0.25) is 9.59 Å². The van der Waals surface area contributed by atoms with Crippen molar-refractivity contribution in [1.82, 2.24) is 15.0 Å². The number of rotatable bonds is 6. The Labute approximate surface area is 197 Å². The maximum atomic E-state index is 13.5. The molecule has 1 atom stereocenters. The van der Waals surface area contributed by atoms with E-state index >= 15 is 0 Å². The van der Waals surface area contributed by atoms with E-state index in [1.165, 1.54) is 0 Å². The summed E-state index contributed by atoms with van der Waals surface area (Å²) in [4.78, 5) is 30.4. The van der Waals surface area contributed by atoms with Gasteiger partial charge in [-0.25, -0.2) is 0 Å². The largest absolute Gasteiger partial charge is 0.491 e. The van der Waals surface area contributed by atoms with Gasteiger partial charge in [0.1, 0.15) is 18.1 Å². The van der Waals surface area contributed by atoms with Crippen molar-refractivity contribution in [3.05, 3.63) is 47.3 Å². The van der Waals surface area contributed by atoms with E-state index in [0.29, 0.717) is 49.2 Å². The van der Waals surface area contributed by atoms with Gasteiger partial charge in [-0.05, 0) is 50.7 Å². The molecule has 0 saturated carbocycles. The normalized spacial score (nSPS) is 17.8. The lowest BCUT2D eigenvalue weighted by Crippen LogP contribution is -2.45. The molecular weight excluding hydrogens is 418 g/mol. The molecule has 3 rings (SSSR count). The number of fused-ring (bicyclic) bond motifs is 1.